The van der Waals surface area contributed by atoms with E-state index in [2.05, 4.69) is 22.5 Å². The van der Waals surface area contributed by atoms with Gasteiger partial charge in [0.25, 0.3) is 11.8 Å². The van der Waals surface area contributed by atoms with Crippen LogP contribution in [0.4, 0.5) is 0 Å². The third-order valence-electron chi connectivity index (χ3n) is 6.72. The number of carbonyl (C=O) groups excluding carboxylic acids is 2. The zero-order chi connectivity index (χ0) is 28.5. The second kappa shape index (κ2) is 17.9. The predicted octanol–water partition coefficient (Wildman–Crippen LogP) is 4.89. The monoisotopic (exact) mass is 543 g/mol. The van der Waals surface area contributed by atoms with Gasteiger partial charge >= 0.3 is 0 Å². The van der Waals surface area contributed by atoms with Crippen molar-refractivity contribution in [3.8, 4) is 23.0 Å². The molecule has 0 fully saturated rings. The molecule has 0 aromatic heterocycles. The van der Waals surface area contributed by atoms with Gasteiger partial charge in [0.05, 0.1) is 11.1 Å². The van der Waals surface area contributed by atoms with Gasteiger partial charge in [0.15, 0.2) is 23.0 Å². The molecule has 0 spiro atoms. The van der Waals surface area contributed by atoms with Gasteiger partial charge in [-0.15, -0.1) is 0 Å². The summed E-state index contributed by atoms with van der Waals surface area (Å²) in [7, 11) is 0. The number of amides is 2. The molecular formula is C30H45N3O6. The number of aromatic hydroxyl groups is 4. The quantitative estimate of drug-likeness (QED) is 0.109. The Balaban J connectivity index is 1.74. The van der Waals surface area contributed by atoms with Crippen LogP contribution in [0.3, 0.4) is 0 Å². The number of unbranched alkanes of at least 4 members (excludes halogenated alkanes) is 7. The van der Waals surface area contributed by atoms with E-state index in [1.807, 2.05) is 0 Å². The standard InChI is InChI=1S/C30H45N3O6/c1-2-3-4-5-6-7-9-20-33(22-13-19-32-30(39)24-15-12-17-26(35)28(24)37)21-10-8-18-31-29(38)23-14-11-16-25(34)27(23)36/h11-12,14-17,34-37H,2-10,13,18-22H2,1H3,(H,31,38)(H,32,39). The lowest BCUT2D eigenvalue weighted by molar-refractivity contribution is 0.0939. The molecule has 0 saturated heterocycles. The van der Waals surface area contributed by atoms with E-state index in [4.69, 9.17) is 0 Å². The van der Waals surface area contributed by atoms with Crippen LogP contribution in [-0.4, -0.2) is 69.9 Å². The molecule has 0 bridgehead atoms. The summed E-state index contributed by atoms with van der Waals surface area (Å²) >= 11 is 0. The van der Waals surface area contributed by atoms with Gasteiger partial charge in [-0.25, -0.2) is 0 Å². The largest absolute Gasteiger partial charge is 0.504 e. The van der Waals surface area contributed by atoms with Gasteiger partial charge in [-0.3, -0.25) is 9.59 Å². The normalized spacial score (nSPS) is 11.0. The number of rotatable bonds is 19. The van der Waals surface area contributed by atoms with Crippen molar-refractivity contribution in [3.63, 3.8) is 0 Å². The van der Waals surface area contributed by atoms with E-state index < -0.39 is 23.3 Å². The van der Waals surface area contributed by atoms with Crippen LogP contribution >= 0.6 is 0 Å². The second-order valence-electron chi connectivity index (χ2n) is 9.88. The number of hydrogen-bond donors (Lipinski definition) is 6. The lowest BCUT2D eigenvalue weighted by Gasteiger charge is -2.22. The average molecular weight is 544 g/mol. The molecule has 9 nitrogen and oxygen atoms in total. The van der Waals surface area contributed by atoms with Crippen molar-refractivity contribution in [2.75, 3.05) is 32.7 Å². The van der Waals surface area contributed by atoms with Crippen LogP contribution in [0.2, 0.25) is 0 Å². The molecule has 0 aliphatic rings. The van der Waals surface area contributed by atoms with Crippen molar-refractivity contribution in [2.24, 2.45) is 0 Å². The first kappa shape index (κ1) is 31.8. The maximum Gasteiger partial charge on any atom is 0.255 e. The lowest BCUT2D eigenvalue weighted by Crippen LogP contribution is -2.32. The summed E-state index contributed by atoms with van der Waals surface area (Å²) in [5.41, 5.74) is 0.104. The highest BCUT2D eigenvalue weighted by molar-refractivity contribution is 5.98. The van der Waals surface area contributed by atoms with Crippen LogP contribution in [0, 0.1) is 0 Å². The Morgan fingerprint density at radius 3 is 1.59 bits per heavy atom. The molecule has 39 heavy (non-hydrogen) atoms. The smallest absolute Gasteiger partial charge is 0.255 e. The van der Waals surface area contributed by atoms with E-state index in [1.165, 1.54) is 74.9 Å². The van der Waals surface area contributed by atoms with Crippen LogP contribution in [0.25, 0.3) is 0 Å². The Morgan fingerprint density at radius 1 is 0.615 bits per heavy atom. The predicted molar refractivity (Wildman–Crippen MR) is 152 cm³/mol. The van der Waals surface area contributed by atoms with Crippen LogP contribution in [-0.2, 0) is 0 Å². The Kier molecular flexibility index (Phi) is 14.6. The summed E-state index contributed by atoms with van der Waals surface area (Å²) in [6.45, 7) is 5.77. The van der Waals surface area contributed by atoms with Gasteiger partial charge in [-0.2, -0.15) is 0 Å². The maximum atomic E-state index is 12.4. The van der Waals surface area contributed by atoms with E-state index in [9.17, 15) is 30.0 Å². The molecule has 6 N–H and O–H groups in total. The van der Waals surface area contributed by atoms with E-state index in [0.29, 0.717) is 13.1 Å². The van der Waals surface area contributed by atoms with Gasteiger partial charge < -0.3 is 36.0 Å². The molecule has 2 aromatic carbocycles. The summed E-state index contributed by atoms with van der Waals surface area (Å²) in [6, 6.07) is 8.62. The molecule has 9 heteroatoms. The Morgan fingerprint density at radius 2 is 1.05 bits per heavy atom. The fourth-order valence-corrected chi connectivity index (χ4v) is 4.41. The summed E-state index contributed by atoms with van der Waals surface area (Å²) in [5.74, 6) is -2.31. The van der Waals surface area contributed by atoms with Crippen molar-refractivity contribution in [1.29, 1.82) is 0 Å². The fourth-order valence-electron chi connectivity index (χ4n) is 4.41. The second-order valence-corrected chi connectivity index (χ2v) is 9.88. The van der Waals surface area contributed by atoms with Gasteiger partial charge in [-0.1, -0.05) is 57.6 Å². The van der Waals surface area contributed by atoms with Crippen molar-refractivity contribution < 1.29 is 30.0 Å². The van der Waals surface area contributed by atoms with Gasteiger partial charge in [-0.05, 0) is 69.6 Å². The molecule has 2 amide bonds. The van der Waals surface area contributed by atoms with Crippen LogP contribution in [0.15, 0.2) is 36.4 Å². The SMILES string of the molecule is CCCCCCCCCN(CCCCNC(=O)c1cccc(O)c1O)CCCNC(=O)c1cccc(O)c1O. The third kappa shape index (κ3) is 11.4. The maximum absolute atomic E-state index is 12.4. The number of phenolic OH excluding ortho intramolecular Hbond substituents is 4. The third-order valence-corrected chi connectivity index (χ3v) is 6.72. The zero-order valence-electron chi connectivity index (χ0n) is 23.1. The zero-order valence-corrected chi connectivity index (χ0v) is 23.1. The van der Waals surface area contributed by atoms with Crippen LogP contribution < -0.4 is 10.6 Å². The number of nitrogens with one attached hydrogen (secondary N) is 2. The highest BCUT2D eigenvalue weighted by Gasteiger charge is 2.15. The molecule has 0 aliphatic heterocycles. The number of nitrogens with zero attached hydrogens (tertiary/aromatic N) is 1. The number of para-hydroxylation sites is 2. The van der Waals surface area contributed by atoms with E-state index in [1.54, 1.807) is 0 Å². The number of carbonyl (C=O) groups is 2. The summed E-state index contributed by atoms with van der Waals surface area (Å²) in [5, 5.41) is 44.6. The molecule has 2 rings (SSSR count). The first-order chi connectivity index (χ1) is 18.8. The first-order valence-corrected chi connectivity index (χ1v) is 14.2. The highest BCUT2D eigenvalue weighted by atomic mass is 16.3. The summed E-state index contributed by atoms with van der Waals surface area (Å²) in [4.78, 5) is 27.0. The van der Waals surface area contributed by atoms with E-state index in [0.717, 1.165) is 45.3 Å². The molecule has 0 atom stereocenters. The first-order valence-electron chi connectivity index (χ1n) is 14.2. The summed E-state index contributed by atoms with van der Waals surface area (Å²) < 4.78 is 0. The van der Waals surface area contributed by atoms with Crippen molar-refractivity contribution >= 4 is 11.8 Å². The molecule has 0 radical (unpaired) electrons. The highest BCUT2D eigenvalue weighted by Crippen LogP contribution is 2.28. The minimum absolute atomic E-state index is 0.0519. The van der Waals surface area contributed by atoms with Crippen molar-refractivity contribution in [2.45, 2.75) is 71.1 Å². The van der Waals surface area contributed by atoms with E-state index >= 15 is 0 Å². The van der Waals surface area contributed by atoms with Crippen molar-refractivity contribution in [3.05, 3.63) is 47.5 Å². The topological polar surface area (TPSA) is 142 Å². The van der Waals surface area contributed by atoms with Gasteiger partial charge in [0.2, 0.25) is 0 Å². The summed E-state index contributed by atoms with van der Waals surface area (Å²) in [6.07, 6.45) is 11.0. The minimum atomic E-state index is -0.421. The minimum Gasteiger partial charge on any atom is -0.504 e. The average Bonchev–Trinajstić information content (AvgIpc) is 2.92. The molecular weight excluding hydrogens is 498 g/mol. The van der Waals surface area contributed by atoms with Gasteiger partial charge in [0, 0.05) is 13.1 Å². The fraction of sp³-hybridized carbons (Fsp3) is 0.533. The molecule has 2 aromatic rings. The number of hydrogen-bond acceptors (Lipinski definition) is 7. The molecule has 216 valence electrons. The Hall–Kier alpha value is -3.46. The van der Waals surface area contributed by atoms with Crippen LogP contribution in [0.1, 0.15) is 91.8 Å². The van der Waals surface area contributed by atoms with Crippen LogP contribution in [0.5, 0.6) is 23.0 Å². The molecule has 0 heterocycles. The van der Waals surface area contributed by atoms with E-state index in [-0.39, 0.29) is 22.6 Å². The molecule has 0 saturated carbocycles. The lowest BCUT2D eigenvalue weighted by atomic mass is 10.1. The molecule has 0 unspecified atom stereocenters. The number of benzene rings is 2. The molecule has 0 aliphatic carbocycles. The Bertz CT molecular complexity index is 1030. The van der Waals surface area contributed by atoms with Gasteiger partial charge in [0.1, 0.15) is 0 Å². The number of phenols is 4. The Labute approximate surface area is 231 Å². The van der Waals surface area contributed by atoms with Crippen molar-refractivity contribution in [1.82, 2.24) is 15.5 Å².